The summed E-state index contributed by atoms with van der Waals surface area (Å²) in [6, 6.07) is 0. The van der Waals surface area contributed by atoms with Gasteiger partial charge in [-0.15, -0.1) is 0 Å². The van der Waals surface area contributed by atoms with Crippen LogP contribution < -0.4 is 5.32 Å². The molecular formula is C7H10ClNOS. The molecular weight excluding hydrogens is 182 g/mol. The third-order valence-corrected chi connectivity index (χ3v) is 1.49. The lowest BCUT2D eigenvalue weighted by atomic mass is 10.4. The average molecular weight is 192 g/mol. The molecule has 0 rings (SSSR count). The van der Waals surface area contributed by atoms with Gasteiger partial charge in [0.1, 0.15) is 0 Å². The van der Waals surface area contributed by atoms with E-state index in [1.54, 1.807) is 13.0 Å². The highest BCUT2D eigenvalue weighted by Crippen LogP contribution is 2.07. The van der Waals surface area contributed by atoms with Gasteiger partial charge in [-0.2, -0.15) is 12.6 Å². The molecule has 0 aliphatic carbocycles. The summed E-state index contributed by atoms with van der Waals surface area (Å²) in [5, 5.41) is 2.85. The fourth-order valence-electron chi connectivity index (χ4n) is 0.486. The molecule has 11 heavy (non-hydrogen) atoms. The molecule has 0 radical (unpaired) electrons. The number of carbonyl (C=O) groups is 1. The Morgan fingerprint density at radius 3 is 2.64 bits per heavy atom. The third kappa shape index (κ3) is 4.11. The molecule has 0 fully saturated rings. The molecule has 0 aromatic rings. The van der Waals surface area contributed by atoms with Gasteiger partial charge in [0.05, 0.1) is 16.5 Å². The van der Waals surface area contributed by atoms with E-state index in [4.69, 9.17) is 11.6 Å². The molecule has 0 spiro atoms. The van der Waals surface area contributed by atoms with Crippen LogP contribution in [0, 0.1) is 0 Å². The van der Waals surface area contributed by atoms with Gasteiger partial charge in [-0.1, -0.05) is 24.3 Å². The fourth-order valence-corrected chi connectivity index (χ4v) is 0.722. The topological polar surface area (TPSA) is 29.1 Å². The van der Waals surface area contributed by atoms with E-state index in [1.807, 2.05) is 0 Å². The van der Waals surface area contributed by atoms with Gasteiger partial charge < -0.3 is 5.32 Å². The van der Waals surface area contributed by atoms with Gasteiger partial charge in [0, 0.05) is 0 Å². The highest BCUT2D eigenvalue weighted by atomic mass is 35.5. The van der Waals surface area contributed by atoms with E-state index < -0.39 is 0 Å². The summed E-state index contributed by atoms with van der Waals surface area (Å²) in [5.41, 5.74) is 0.533. The smallest absolute Gasteiger partial charge is 0.234 e. The summed E-state index contributed by atoms with van der Waals surface area (Å²) in [4.78, 5) is 10.8. The summed E-state index contributed by atoms with van der Waals surface area (Å²) in [7, 11) is 0. The molecule has 0 aromatic carbocycles. The maximum Gasteiger partial charge on any atom is 0.234 e. The number of rotatable bonds is 3. The molecule has 1 amide bonds. The number of nitrogens with one attached hydrogen (secondary N) is 1. The molecule has 2 nitrogen and oxygen atoms in total. The zero-order valence-electron chi connectivity index (χ0n) is 6.22. The van der Waals surface area contributed by atoms with Gasteiger partial charge in [-0.05, 0) is 6.92 Å². The fraction of sp³-hybridized carbons (Fsp3) is 0.286. The second-order valence-electron chi connectivity index (χ2n) is 1.81. The molecule has 0 unspecified atom stereocenters. The maximum atomic E-state index is 10.8. The molecule has 0 bridgehead atoms. The van der Waals surface area contributed by atoms with E-state index in [-0.39, 0.29) is 11.7 Å². The SMILES string of the molecule is C=C(Cl)/C(=C\C)NC(=O)CS. The first kappa shape index (κ1) is 10.6. The molecule has 0 aliphatic heterocycles. The van der Waals surface area contributed by atoms with Crippen molar-refractivity contribution in [2.75, 3.05) is 5.75 Å². The quantitative estimate of drug-likeness (QED) is 0.516. The highest BCUT2D eigenvalue weighted by Gasteiger charge is 2.02. The van der Waals surface area contributed by atoms with Crippen molar-refractivity contribution in [3.63, 3.8) is 0 Å². The van der Waals surface area contributed by atoms with Crippen molar-refractivity contribution in [1.82, 2.24) is 5.32 Å². The number of hydrogen-bond donors (Lipinski definition) is 2. The lowest BCUT2D eigenvalue weighted by Crippen LogP contribution is -2.23. The zero-order chi connectivity index (χ0) is 8.85. The van der Waals surface area contributed by atoms with Crippen LogP contribution in [0.4, 0.5) is 0 Å². The summed E-state index contributed by atoms with van der Waals surface area (Å²) < 4.78 is 0. The van der Waals surface area contributed by atoms with Crippen LogP contribution in [0.1, 0.15) is 6.92 Å². The van der Waals surface area contributed by atoms with Crippen molar-refractivity contribution >= 4 is 30.1 Å². The van der Waals surface area contributed by atoms with Crippen LogP contribution in [0.15, 0.2) is 23.4 Å². The van der Waals surface area contributed by atoms with Crippen LogP contribution in [-0.4, -0.2) is 11.7 Å². The largest absolute Gasteiger partial charge is 0.324 e. The molecule has 1 N–H and O–H groups in total. The molecule has 4 heteroatoms. The van der Waals surface area contributed by atoms with Gasteiger partial charge in [-0.3, -0.25) is 4.79 Å². The first-order valence-corrected chi connectivity index (χ1v) is 4.04. The molecule has 0 saturated heterocycles. The molecule has 0 aromatic heterocycles. The Balaban J connectivity index is 4.12. The number of halogens is 1. The Labute approximate surface area is 76.7 Å². The zero-order valence-corrected chi connectivity index (χ0v) is 7.88. The monoisotopic (exact) mass is 191 g/mol. The summed E-state index contributed by atoms with van der Waals surface area (Å²) in [6.07, 6.45) is 1.68. The van der Waals surface area contributed by atoms with Gasteiger partial charge in [0.2, 0.25) is 5.91 Å². The maximum absolute atomic E-state index is 10.8. The Hall–Kier alpha value is -0.410. The second-order valence-corrected chi connectivity index (χ2v) is 2.59. The van der Waals surface area contributed by atoms with Gasteiger partial charge >= 0.3 is 0 Å². The predicted molar refractivity (Wildman–Crippen MR) is 50.7 cm³/mol. The Bertz CT molecular complexity index is 201. The molecule has 0 saturated carbocycles. The van der Waals surface area contributed by atoms with Crippen molar-refractivity contribution in [3.8, 4) is 0 Å². The van der Waals surface area contributed by atoms with E-state index in [0.717, 1.165) is 0 Å². The number of hydrogen-bond acceptors (Lipinski definition) is 2. The number of allylic oxidation sites excluding steroid dienone is 2. The summed E-state index contributed by atoms with van der Waals surface area (Å²) >= 11 is 9.33. The van der Waals surface area contributed by atoms with Crippen molar-refractivity contribution < 1.29 is 4.79 Å². The Kier molecular flexibility index (Phi) is 5.07. The minimum absolute atomic E-state index is 0.140. The van der Waals surface area contributed by atoms with Crippen LogP contribution in [0.25, 0.3) is 0 Å². The van der Waals surface area contributed by atoms with E-state index in [0.29, 0.717) is 10.7 Å². The van der Waals surface area contributed by atoms with Crippen molar-refractivity contribution in [1.29, 1.82) is 0 Å². The third-order valence-electron chi connectivity index (χ3n) is 0.999. The molecule has 0 aliphatic rings. The van der Waals surface area contributed by atoms with Gasteiger partial charge in [-0.25, -0.2) is 0 Å². The Morgan fingerprint density at radius 2 is 2.36 bits per heavy atom. The molecule has 0 atom stereocenters. The number of thiol groups is 1. The van der Waals surface area contributed by atoms with Gasteiger partial charge in [0.15, 0.2) is 0 Å². The van der Waals surface area contributed by atoms with Crippen molar-refractivity contribution in [2.45, 2.75) is 6.92 Å². The van der Waals surface area contributed by atoms with Crippen LogP contribution >= 0.6 is 24.2 Å². The minimum Gasteiger partial charge on any atom is -0.324 e. The van der Waals surface area contributed by atoms with E-state index in [2.05, 4.69) is 24.5 Å². The minimum atomic E-state index is -0.191. The van der Waals surface area contributed by atoms with E-state index >= 15 is 0 Å². The second kappa shape index (κ2) is 5.27. The Morgan fingerprint density at radius 1 is 1.82 bits per heavy atom. The summed E-state index contributed by atoms with van der Waals surface area (Å²) in [5.74, 6) is -0.0511. The van der Waals surface area contributed by atoms with Gasteiger partial charge in [0.25, 0.3) is 0 Å². The lowest BCUT2D eigenvalue weighted by Gasteiger charge is -2.04. The van der Waals surface area contributed by atoms with Crippen LogP contribution in [0.5, 0.6) is 0 Å². The van der Waals surface area contributed by atoms with E-state index in [1.165, 1.54) is 0 Å². The normalized spacial score (nSPS) is 11.0. The average Bonchev–Trinajstić information content (AvgIpc) is 1.99. The highest BCUT2D eigenvalue weighted by molar-refractivity contribution is 7.81. The molecule has 0 heterocycles. The summed E-state index contributed by atoms with van der Waals surface area (Å²) in [6.45, 7) is 5.24. The van der Waals surface area contributed by atoms with Crippen LogP contribution in [-0.2, 0) is 4.79 Å². The van der Waals surface area contributed by atoms with Crippen LogP contribution in [0.3, 0.4) is 0 Å². The van der Waals surface area contributed by atoms with Crippen LogP contribution in [0.2, 0.25) is 0 Å². The first-order valence-electron chi connectivity index (χ1n) is 3.03. The first-order chi connectivity index (χ1) is 5.11. The number of amides is 1. The predicted octanol–water partition coefficient (Wildman–Crippen LogP) is 1.69. The van der Waals surface area contributed by atoms with Crippen molar-refractivity contribution in [3.05, 3.63) is 23.4 Å². The molecule has 62 valence electrons. The van der Waals surface area contributed by atoms with Crippen molar-refractivity contribution in [2.24, 2.45) is 0 Å². The standard InChI is InChI=1S/C7H10ClNOS/c1-3-6(5(2)8)9-7(10)4-11/h3,11H,2,4H2,1H3,(H,9,10)/b6-3+. The lowest BCUT2D eigenvalue weighted by molar-refractivity contribution is -0.117. The van der Waals surface area contributed by atoms with E-state index in [9.17, 15) is 4.79 Å². The number of carbonyl (C=O) groups excluding carboxylic acids is 1.